The predicted octanol–water partition coefficient (Wildman–Crippen LogP) is 5.72. The molecule has 12 heteroatoms. The average molecular weight is 808 g/mol. The van der Waals surface area contributed by atoms with Crippen LogP contribution in [-0.2, 0) is 33.3 Å². The number of amides is 1. The van der Waals surface area contributed by atoms with E-state index in [9.17, 15) is 29.4 Å². The molecule has 59 heavy (non-hydrogen) atoms. The number of aliphatic hydroxyl groups is 2. The third-order valence-electron chi connectivity index (χ3n) is 14.0. The summed E-state index contributed by atoms with van der Waals surface area (Å²) >= 11 is 0. The first-order valence-electron chi connectivity index (χ1n) is 20.2. The van der Waals surface area contributed by atoms with Crippen LogP contribution in [-0.4, -0.2) is 82.0 Å². The molecule has 2 bridgehead atoms. The second kappa shape index (κ2) is 15.5. The lowest BCUT2D eigenvalue weighted by Gasteiger charge is -2.68. The van der Waals surface area contributed by atoms with Gasteiger partial charge in [-0.1, -0.05) is 101 Å². The first kappa shape index (κ1) is 42.0. The largest absolute Gasteiger partial charge is 0.456 e. The van der Waals surface area contributed by atoms with Crippen molar-refractivity contribution < 1.29 is 53.1 Å². The van der Waals surface area contributed by atoms with Gasteiger partial charge < -0.3 is 34.5 Å². The molecule has 3 aromatic rings. The van der Waals surface area contributed by atoms with Gasteiger partial charge in [0.1, 0.15) is 29.7 Å². The highest BCUT2D eigenvalue weighted by molar-refractivity contribution is 5.95. The summed E-state index contributed by atoms with van der Waals surface area (Å²) in [5.74, 6) is -5.54. The zero-order valence-electron chi connectivity index (χ0n) is 34.5. The van der Waals surface area contributed by atoms with Gasteiger partial charge in [-0.05, 0) is 60.2 Å². The molecule has 0 aromatic heterocycles. The molecule has 1 aliphatic heterocycles. The van der Waals surface area contributed by atoms with Crippen molar-refractivity contribution in [3.63, 3.8) is 0 Å². The number of hydrogen-bond acceptors (Lipinski definition) is 11. The summed E-state index contributed by atoms with van der Waals surface area (Å²) in [4.78, 5) is 70.3. The Labute approximate surface area is 344 Å². The van der Waals surface area contributed by atoms with Gasteiger partial charge in [0.25, 0.3) is 5.91 Å². The van der Waals surface area contributed by atoms with Gasteiger partial charge in [-0.25, -0.2) is 9.59 Å². The number of nitrogens with one attached hydrogen (secondary N) is 1. The van der Waals surface area contributed by atoms with Gasteiger partial charge >= 0.3 is 17.9 Å². The number of benzene rings is 3. The van der Waals surface area contributed by atoms with Crippen molar-refractivity contribution in [1.82, 2.24) is 5.32 Å². The van der Waals surface area contributed by atoms with Crippen LogP contribution in [0.15, 0.2) is 102 Å². The molecule has 2 saturated carbocycles. The Morgan fingerprint density at radius 3 is 2.00 bits per heavy atom. The lowest BCUT2D eigenvalue weighted by molar-refractivity contribution is -0.339. The van der Waals surface area contributed by atoms with Crippen LogP contribution in [0.2, 0.25) is 0 Å². The fraction of sp³-hybridized carbons (Fsp3) is 0.468. The highest BCUT2D eigenvalue weighted by Gasteiger charge is 2.77. The Morgan fingerprint density at radius 2 is 1.44 bits per heavy atom. The normalized spacial score (nSPS) is 33.0. The number of ether oxygens (including phenoxy) is 4. The molecule has 1 heterocycles. The van der Waals surface area contributed by atoms with E-state index in [4.69, 9.17) is 18.9 Å². The standard InChI is InChI=1S/C47H53NO11/c1-26-23-34-46(25-56-34,59-29(4)49)38-40(58-42(53)32-21-15-10-16-22-32)47(55)24-33(27(2)35(44(47,5)6)28(3)39(51)45(26,38)7)57-43(54)37(50)36(30-17-11-8-12-18-30)48-41(52)31-19-13-9-14-20-31/h8-22,26,28,33-34,36-38,40,50,55H,23-25H2,1-7H3,(H,48,52)/t26-,28+,33-,34+,36-,37+,38?,40?,45+,46-,47+/m0/s1. The van der Waals surface area contributed by atoms with Crippen LogP contribution in [0.4, 0.5) is 0 Å². The van der Waals surface area contributed by atoms with E-state index in [0.717, 1.165) is 0 Å². The quantitative estimate of drug-likeness (QED) is 0.137. The average Bonchev–Trinajstić information content (AvgIpc) is 3.21. The second-order valence-electron chi connectivity index (χ2n) is 17.5. The van der Waals surface area contributed by atoms with E-state index in [-0.39, 0.29) is 30.3 Å². The summed E-state index contributed by atoms with van der Waals surface area (Å²) in [7, 11) is 0. The Morgan fingerprint density at radius 1 is 0.864 bits per heavy atom. The summed E-state index contributed by atoms with van der Waals surface area (Å²) < 4.78 is 25.0. The Kier molecular flexibility index (Phi) is 11.0. The Balaban J connectivity index is 1.34. The SMILES string of the molecule is CC(=O)O[C@@]12CO[C@@H]1C[C@H](C)[C@@]1(C)C(=O)[C@H](C)C3=C(C)[C@@H](OC(=O)[C@H](O)[C@@H](NC(=O)c4ccccc4)c4ccccc4)C[C@@](O)(C(OC(=O)c4ccccc4)C12)C3(C)C. The fourth-order valence-electron chi connectivity index (χ4n) is 10.7. The summed E-state index contributed by atoms with van der Waals surface area (Å²) in [5.41, 5.74) is -4.18. The molecule has 1 amide bonds. The molecule has 0 radical (unpaired) electrons. The third kappa shape index (κ3) is 6.79. The minimum Gasteiger partial charge on any atom is -0.456 e. The van der Waals surface area contributed by atoms with Crippen LogP contribution in [0.25, 0.3) is 0 Å². The van der Waals surface area contributed by atoms with Crippen LogP contribution in [0, 0.1) is 28.6 Å². The van der Waals surface area contributed by atoms with E-state index in [2.05, 4.69) is 5.32 Å². The number of Topliss-reactive ketones (excluding diaryl/α,β-unsaturated/α-hetero) is 1. The highest BCUT2D eigenvalue weighted by Crippen LogP contribution is 2.66. The lowest BCUT2D eigenvalue weighted by Crippen LogP contribution is -2.80. The van der Waals surface area contributed by atoms with Gasteiger partial charge in [-0.15, -0.1) is 0 Å². The van der Waals surface area contributed by atoms with Gasteiger partial charge in [0.05, 0.1) is 24.1 Å². The molecule has 1 saturated heterocycles. The topological polar surface area (TPSA) is 175 Å². The zero-order valence-corrected chi connectivity index (χ0v) is 34.5. The molecular weight excluding hydrogens is 755 g/mol. The molecule has 4 aliphatic rings. The van der Waals surface area contributed by atoms with Gasteiger partial charge in [0.2, 0.25) is 0 Å². The van der Waals surface area contributed by atoms with Crippen molar-refractivity contribution in [3.8, 4) is 0 Å². The number of hydrogen-bond donors (Lipinski definition) is 3. The minimum absolute atomic E-state index is 0.0936. The maximum atomic E-state index is 15.4. The maximum absolute atomic E-state index is 15.4. The molecule has 2 unspecified atom stereocenters. The third-order valence-corrected chi connectivity index (χ3v) is 14.0. The van der Waals surface area contributed by atoms with Crippen molar-refractivity contribution in [2.75, 3.05) is 6.61 Å². The number of ketones is 1. The van der Waals surface area contributed by atoms with Crippen molar-refractivity contribution in [2.24, 2.45) is 28.6 Å². The minimum atomic E-state index is -2.08. The number of esters is 3. The summed E-state index contributed by atoms with van der Waals surface area (Å²) in [5, 5.41) is 28.2. The molecule has 12 nitrogen and oxygen atoms in total. The van der Waals surface area contributed by atoms with Crippen LogP contribution < -0.4 is 5.32 Å². The second-order valence-corrected chi connectivity index (χ2v) is 17.5. The van der Waals surface area contributed by atoms with Crippen LogP contribution in [0.5, 0.6) is 0 Å². The molecule has 7 rings (SSSR count). The lowest BCUT2D eigenvalue weighted by atomic mass is 9.42. The van der Waals surface area contributed by atoms with E-state index >= 15 is 4.79 Å². The maximum Gasteiger partial charge on any atom is 0.338 e. The summed E-state index contributed by atoms with van der Waals surface area (Å²) in [6, 6.07) is 23.9. The van der Waals surface area contributed by atoms with E-state index < -0.39 is 88.1 Å². The van der Waals surface area contributed by atoms with Gasteiger partial charge in [-0.2, -0.15) is 0 Å². The molecule has 312 valence electrons. The number of carbonyl (C=O) groups excluding carboxylic acids is 5. The van der Waals surface area contributed by atoms with Crippen molar-refractivity contribution in [3.05, 3.63) is 119 Å². The van der Waals surface area contributed by atoms with Gasteiger partial charge in [0, 0.05) is 35.7 Å². The Bertz CT molecular complexity index is 2160. The van der Waals surface area contributed by atoms with E-state index in [1.807, 2.05) is 6.92 Å². The first-order chi connectivity index (χ1) is 27.9. The number of fused-ring (bicyclic) bond motifs is 5. The predicted molar refractivity (Wildman–Crippen MR) is 214 cm³/mol. The molecule has 3 fully saturated rings. The zero-order chi connectivity index (χ0) is 42.7. The van der Waals surface area contributed by atoms with Crippen LogP contribution >= 0.6 is 0 Å². The van der Waals surface area contributed by atoms with Crippen molar-refractivity contribution in [1.29, 1.82) is 0 Å². The monoisotopic (exact) mass is 807 g/mol. The molecule has 3 aliphatic carbocycles. The van der Waals surface area contributed by atoms with Crippen molar-refractivity contribution in [2.45, 2.75) is 103 Å². The summed E-state index contributed by atoms with van der Waals surface area (Å²) in [6.45, 7) is 12.0. The molecule has 0 spiro atoms. The molecule has 3 aromatic carbocycles. The van der Waals surface area contributed by atoms with Crippen LogP contribution in [0.1, 0.15) is 93.6 Å². The van der Waals surface area contributed by atoms with E-state index in [0.29, 0.717) is 28.7 Å². The number of aliphatic hydroxyl groups excluding tert-OH is 1. The highest BCUT2D eigenvalue weighted by atomic mass is 16.6. The van der Waals surface area contributed by atoms with E-state index in [1.54, 1.807) is 126 Å². The van der Waals surface area contributed by atoms with Crippen molar-refractivity contribution >= 4 is 29.6 Å². The smallest absolute Gasteiger partial charge is 0.338 e. The summed E-state index contributed by atoms with van der Waals surface area (Å²) in [6.07, 6.45) is -5.27. The van der Waals surface area contributed by atoms with Gasteiger partial charge in [-0.3, -0.25) is 14.4 Å². The Hall–Kier alpha value is -5.17. The fourth-order valence-corrected chi connectivity index (χ4v) is 10.7. The first-order valence-corrected chi connectivity index (χ1v) is 20.2. The molecule has 3 N–H and O–H groups in total. The molecular formula is C47H53NO11. The number of rotatable bonds is 9. The molecule has 11 atom stereocenters. The van der Waals surface area contributed by atoms with Crippen LogP contribution in [0.3, 0.4) is 0 Å². The van der Waals surface area contributed by atoms with E-state index in [1.165, 1.54) is 6.92 Å². The number of carbonyl (C=O) groups is 5. The van der Waals surface area contributed by atoms with Gasteiger partial charge in [0.15, 0.2) is 11.7 Å².